The lowest BCUT2D eigenvalue weighted by Gasteiger charge is -2.16. The van der Waals surface area contributed by atoms with Crippen LogP contribution in [-0.2, 0) is 13.0 Å². The first kappa shape index (κ1) is 22.0. The Morgan fingerprint density at radius 3 is 2.57 bits per heavy atom. The van der Waals surface area contributed by atoms with Crippen molar-refractivity contribution >= 4 is 11.8 Å². The summed E-state index contributed by atoms with van der Waals surface area (Å²) in [6.45, 7) is 9.91. The molecule has 5 heteroatoms. The summed E-state index contributed by atoms with van der Waals surface area (Å²) in [4.78, 5) is 11.0. The number of hydrogen-bond acceptors (Lipinski definition) is 3. The van der Waals surface area contributed by atoms with Crippen LogP contribution in [0.4, 0.5) is 8.78 Å². The summed E-state index contributed by atoms with van der Waals surface area (Å²) in [5, 5.41) is 2.36. The lowest BCUT2D eigenvalue weighted by Crippen LogP contribution is -2.32. The van der Waals surface area contributed by atoms with E-state index < -0.39 is 5.92 Å². The zero-order chi connectivity index (χ0) is 20.9. The molecule has 28 heavy (non-hydrogen) atoms. The number of aryl methyl sites for hydroxylation is 3. The van der Waals surface area contributed by atoms with E-state index >= 15 is 0 Å². The number of rotatable bonds is 7. The standard InChI is InChI=1S/C23H31F2N3/c1-7-16(2)20-9-11-26-18(4)21(20)15-28(6)14-19-12-17(3)22(27-13-19)8-10-23(5,24)25/h9,11-13,15H,7-8,10,14H2,1-6H3/b20-16-,21-15-. The largest absolute Gasteiger partial charge is 0.375 e. The molecule has 0 amide bonds. The van der Waals surface area contributed by atoms with Crippen LogP contribution >= 0.6 is 0 Å². The van der Waals surface area contributed by atoms with Crippen molar-refractivity contribution in [2.24, 2.45) is 0 Å². The summed E-state index contributed by atoms with van der Waals surface area (Å²) < 4.78 is 26.2. The summed E-state index contributed by atoms with van der Waals surface area (Å²) in [5.41, 5.74) is 5.10. The molecule has 2 heterocycles. The number of alkyl halides is 2. The minimum atomic E-state index is -2.66. The highest BCUT2D eigenvalue weighted by atomic mass is 19.3. The van der Waals surface area contributed by atoms with Crippen molar-refractivity contribution in [1.82, 2.24) is 14.9 Å². The average Bonchev–Trinajstić information content (AvgIpc) is 2.61. The maximum absolute atomic E-state index is 13.1. The van der Waals surface area contributed by atoms with Crippen molar-refractivity contribution in [3.05, 3.63) is 57.5 Å². The first-order valence-electron chi connectivity index (χ1n) is 9.76. The Bertz CT molecular complexity index is 930. The highest BCUT2D eigenvalue weighted by Crippen LogP contribution is 2.20. The van der Waals surface area contributed by atoms with Crippen molar-refractivity contribution in [2.45, 2.75) is 66.3 Å². The number of nitrogens with zero attached hydrogens (tertiary/aromatic N) is 3. The van der Waals surface area contributed by atoms with Gasteiger partial charge in [0.25, 0.3) is 0 Å². The topological polar surface area (TPSA) is 29.0 Å². The Kier molecular flexibility index (Phi) is 7.28. The molecule has 152 valence electrons. The third kappa shape index (κ3) is 6.11. The lowest BCUT2D eigenvalue weighted by atomic mass is 10.1. The van der Waals surface area contributed by atoms with Gasteiger partial charge < -0.3 is 4.90 Å². The molecule has 0 saturated carbocycles. The quantitative estimate of drug-likeness (QED) is 0.715. The van der Waals surface area contributed by atoms with Gasteiger partial charge in [-0.25, -0.2) is 8.78 Å². The van der Waals surface area contributed by atoms with Gasteiger partial charge in [0.2, 0.25) is 5.92 Å². The fraction of sp³-hybridized carbons (Fsp3) is 0.478. The number of aromatic nitrogens is 2. The van der Waals surface area contributed by atoms with E-state index in [0.29, 0.717) is 13.0 Å². The van der Waals surface area contributed by atoms with Gasteiger partial charge in [0, 0.05) is 55.2 Å². The second-order valence-corrected chi connectivity index (χ2v) is 7.71. The number of halogens is 2. The average molecular weight is 388 g/mol. The Morgan fingerprint density at radius 1 is 1.25 bits per heavy atom. The summed E-state index contributed by atoms with van der Waals surface area (Å²) >= 11 is 0. The summed E-state index contributed by atoms with van der Waals surface area (Å²) in [6.07, 6.45) is 6.88. The van der Waals surface area contributed by atoms with Gasteiger partial charge in [0.15, 0.2) is 0 Å². The van der Waals surface area contributed by atoms with Gasteiger partial charge in [0.05, 0.1) is 0 Å². The summed E-state index contributed by atoms with van der Waals surface area (Å²) in [7, 11) is 2.03. The van der Waals surface area contributed by atoms with Crippen LogP contribution in [-0.4, -0.2) is 27.8 Å². The number of hydrogen-bond donors (Lipinski definition) is 0. The molecule has 0 radical (unpaired) electrons. The van der Waals surface area contributed by atoms with Gasteiger partial charge in [-0.1, -0.05) is 18.6 Å². The first-order valence-corrected chi connectivity index (χ1v) is 9.76. The van der Waals surface area contributed by atoms with E-state index in [1.807, 2.05) is 33.2 Å². The molecule has 0 spiro atoms. The predicted octanol–water partition coefficient (Wildman–Crippen LogP) is 4.13. The van der Waals surface area contributed by atoms with E-state index in [9.17, 15) is 8.78 Å². The van der Waals surface area contributed by atoms with Crippen LogP contribution < -0.4 is 10.4 Å². The van der Waals surface area contributed by atoms with Crippen LogP contribution in [0.15, 0.2) is 24.5 Å². The van der Waals surface area contributed by atoms with Crippen LogP contribution in [0.5, 0.6) is 0 Å². The molecule has 0 N–H and O–H groups in total. The van der Waals surface area contributed by atoms with Crippen molar-refractivity contribution in [2.75, 3.05) is 7.05 Å². The zero-order valence-corrected chi connectivity index (χ0v) is 17.8. The Labute approximate surface area is 166 Å². The fourth-order valence-corrected chi connectivity index (χ4v) is 3.20. The summed E-state index contributed by atoms with van der Waals surface area (Å²) in [5.74, 6) is -2.66. The molecule has 2 aromatic rings. The lowest BCUT2D eigenvalue weighted by molar-refractivity contribution is 0.0130. The predicted molar refractivity (Wildman–Crippen MR) is 111 cm³/mol. The minimum Gasteiger partial charge on any atom is -0.375 e. The van der Waals surface area contributed by atoms with Gasteiger partial charge in [0.1, 0.15) is 0 Å². The SMILES string of the molecule is CC/C(C)=c1/ccnc(C)/c1=C/N(C)Cc1cnc(CCC(C)(F)F)c(C)c1. The maximum atomic E-state index is 13.1. The fourth-order valence-electron chi connectivity index (χ4n) is 3.20. The molecule has 3 nitrogen and oxygen atoms in total. The third-order valence-corrected chi connectivity index (χ3v) is 5.01. The van der Waals surface area contributed by atoms with Crippen molar-refractivity contribution < 1.29 is 8.78 Å². The molecule has 2 aromatic heterocycles. The van der Waals surface area contributed by atoms with Crippen LogP contribution in [0.2, 0.25) is 0 Å². The molecule has 0 saturated heterocycles. The molecular formula is C23H31F2N3. The zero-order valence-electron chi connectivity index (χ0n) is 17.8. The van der Waals surface area contributed by atoms with E-state index in [2.05, 4.69) is 41.0 Å². The van der Waals surface area contributed by atoms with Crippen LogP contribution in [0.3, 0.4) is 0 Å². The van der Waals surface area contributed by atoms with Crippen LogP contribution in [0, 0.1) is 13.8 Å². The molecule has 0 atom stereocenters. The summed E-state index contributed by atoms with van der Waals surface area (Å²) in [6, 6.07) is 4.11. The van der Waals surface area contributed by atoms with Gasteiger partial charge in [-0.2, -0.15) is 0 Å². The van der Waals surface area contributed by atoms with Crippen molar-refractivity contribution in [3.8, 4) is 0 Å². The van der Waals surface area contributed by atoms with Crippen molar-refractivity contribution in [1.29, 1.82) is 0 Å². The highest BCUT2D eigenvalue weighted by molar-refractivity contribution is 5.43. The second-order valence-electron chi connectivity index (χ2n) is 7.71. The van der Waals surface area contributed by atoms with E-state index in [0.717, 1.165) is 41.1 Å². The Morgan fingerprint density at radius 2 is 1.96 bits per heavy atom. The van der Waals surface area contributed by atoms with Gasteiger partial charge in [-0.05, 0) is 62.9 Å². The van der Waals surface area contributed by atoms with Gasteiger partial charge in [-0.3, -0.25) is 9.97 Å². The van der Waals surface area contributed by atoms with E-state index in [-0.39, 0.29) is 6.42 Å². The minimum absolute atomic E-state index is 0.176. The normalized spacial score (nSPS) is 13.6. The molecule has 0 unspecified atom stereocenters. The van der Waals surface area contributed by atoms with E-state index in [1.165, 1.54) is 10.8 Å². The number of pyridine rings is 2. The molecule has 0 fully saturated rings. The second kappa shape index (κ2) is 9.26. The molecule has 0 bridgehead atoms. The molecule has 2 rings (SSSR count). The molecule has 0 aliphatic heterocycles. The van der Waals surface area contributed by atoms with Crippen molar-refractivity contribution in [3.63, 3.8) is 0 Å². The third-order valence-electron chi connectivity index (χ3n) is 5.01. The molecule has 0 aliphatic carbocycles. The highest BCUT2D eigenvalue weighted by Gasteiger charge is 2.21. The monoisotopic (exact) mass is 387 g/mol. The Hall–Kier alpha value is -2.30. The molecular weight excluding hydrogens is 356 g/mol. The molecule has 0 aliphatic rings. The van der Waals surface area contributed by atoms with E-state index in [1.54, 1.807) is 6.20 Å². The molecule has 0 aromatic carbocycles. The maximum Gasteiger partial charge on any atom is 0.245 e. The smallest absolute Gasteiger partial charge is 0.245 e. The Balaban J connectivity index is 2.24. The van der Waals surface area contributed by atoms with E-state index in [4.69, 9.17) is 0 Å². The van der Waals surface area contributed by atoms with Crippen LogP contribution in [0.25, 0.3) is 11.8 Å². The van der Waals surface area contributed by atoms with Gasteiger partial charge in [-0.15, -0.1) is 0 Å². The van der Waals surface area contributed by atoms with Crippen LogP contribution in [0.1, 0.15) is 56.1 Å². The first-order chi connectivity index (χ1) is 13.1. The van der Waals surface area contributed by atoms with Gasteiger partial charge >= 0.3 is 0 Å².